The lowest BCUT2D eigenvalue weighted by molar-refractivity contribution is 0.540. The first kappa shape index (κ1) is 11.8. The summed E-state index contributed by atoms with van der Waals surface area (Å²) in [4.78, 5) is 4.30. The van der Waals surface area contributed by atoms with Gasteiger partial charge in [0, 0.05) is 18.8 Å². The Labute approximate surface area is 103 Å². The molecule has 1 heterocycles. The third-order valence-corrected chi connectivity index (χ3v) is 2.74. The fraction of sp³-hybridized carbons (Fsp3) is 0.267. The Bertz CT molecular complexity index is 425. The molecule has 0 aliphatic carbocycles. The Hall–Kier alpha value is -1.67. The van der Waals surface area contributed by atoms with Crippen LogP contribution < -0.4 is 5.32 Å². The standard InChI is InChI=1S/C15H18N2/c1-13(11-14-7-3-2-4-8-14)17-12-15-9-5-6-10-16-15/h2-10,13,17H,11-12H2,1H3. The van der Waals surface area contributed by atoms with Gasteiger partial charge in [0.05, 0.1) is 5.69 Å². The predicted molar refractivity (Wildman–Crippen MR) is 70.7 cm³/mol. The van der Waals surface area contributed by atoms with Crippen LogP contribution in [-0.4, -0.2) is 11.0 Å². The number of nitrogens with one attached hydrogen (secondary N) is 1. The van der Waals surface area contributed by atoms with Crippen LogP contribution in [0.4, 0.5) is 0 Å². The van der Waals surface area contributed by atoms with E-state index in [9.17, 15) is 0 Å². The maximum atomic E-state index is 4.30. The van der Waals surface area contributed by atoms with Crippen LogP contribution in [0.2, 0.25) is 0 Å². The highest BCUT2D eigenvalue weighted by molar-refractivity contribution is 5.15. The SMILES string of the molecule is CC(Cc1ccccc1)NCc1ccccn1. The van der Waals surface area contributed by atoms with Crippen LogP contribution in [0.5, 0.6) is 0 Å². The molecular formula is C15H18N2. The molecule has 17 heavy (non-hydrogen) atoms. The molecule has 0 fully saturated rings. The number of pyridine rings is 1. The van der Waals surface area contributed by atoms with Gasteiger partial charge in [-0.3, -0.25) is 4.98 Å². The van der Waals surface area contributed by atoms with Gasteiger partial charge in [0.25, 0.3) is 0 Å². The summed E-state index contributed by atoms with van der Waals surface area (Å²) >= 11 is 0. The quantitative estimate of drug-likeness (QED) is 0.848. The average Bonchev–Trinajstić information content (AvgIpc) is 2.39. The van der Waals surface area contributed by atoms with E-state index in [0.29, 0.717) is 6.04 Å². The zero-order valence-electron chi connectivity index (χ0n) is 10.1. The minimum absolute atomic E-state index is 0.458. The molecule has 0 saturated carbocycles. The van der Waals surface area contributed by atoms with Gasteiger partial charge in [0.15, 0.2) is 0 Å². The second-order valence-corrected chi connectivity index (χ2v) is 4.29. The summed E-state index contributed by atoms with van der Waals surface area (Å²) in [5.74, 6) is 0. The Balaban J connectivity index is 1.80. The summed E-state index contributed by atoms with van der Waals surface area (Å²) in [6.45, 7) is 3.03. The number of nitrogens with zero attached hydrogens (tertiary/aromatic N) is 1. The van der Waals surface area contributed by atoms with Gasteiger partial charge in [0.2, 0.25) is 0 Å². The molecule has 2 heteroatoms. The lowest BCUT2D eigenvalue weighted by atomic mass is 10.1. The van der Waals surface area contributed by atoms with Crippen molar-refractivity contribution in [2.75, 3.05) is 0 Å². The molecule has 0 bridgehead atoms. The van der Waals surface area contributed by atoms with Gasteiger partial charge in [-0.2, -0.15) is 0 Å². The maximum Gasteiger partial charge on any atom is 0.0541 e. The Morgan fingerprint density at radius 2 is 1.82 bits per heavy atom. The van der Waals surface area contributed by atoms with E-state index in [1.165, 1.54) is 5.56 Å². The van der Waals surface area contributed by atoms with Crippen LogP contribution in [-0.2, 0) is 13.0 Å². The van der Waals surface area contributed by atoms with Crippen LogP contribution in [0, 0.1) is 0 Å². The monoisotopic (exact) mass is 226 g/mol. The predicted octanol–water partition coefficient (Wildman–Crippen LogP) is 2.80. The summed E-state index contributed by atoms with van der Waals surface area (Å²) in [5, 5.41) is 3.48. The molecule has 1 aromatic carbocycles. The summed E-state index contributed by atoms with van der Waals surface area (Å²) in [6.07, 6.45) is 2.88. The fourth-order valence-electron chi connectivity index (χ4n) is 1.82. The number of hydrogen-bond donors (Lipinski definition) is 1. The Morgan fingerprint density at radius 3 is 2.53 bits per heavy atom. The molecule has 0 amide bonds. The van der Waals surface area contributed by atoms with Crippen molar-refractivity contribution in [2.45, 2.75) is 25.9 Å². The Kier molecular flexibility index (Phi) is 4.28. The molecule has 0 aliphatic heterocycles. The zero-order valence-corrected chi connectivity index (χ0v) is 10.1. The van der Waals surface area contributed by atoms with Crippen LogP contribution in [0.3, 0.4) is 0 Å². The van der Waals surface area contributed by atoms with Crippen molar-refractivity contribution in [3.8, 4) is 0 Å². The third-order valence-electron chi connectivity index (χ3n) is 2.74. The molecule has 2 aromatic rings. The van der Waals surface area contributed by atoms with Crippen molar-refractivity contribution >= 4 is 0 Å². The molecule has 1 N–H and O–H groups in total. The van der Waals surface area contributed by atoms with E-state index >= 15 is 0 Å². The van der Waals surface area contributed by atoms with E-state index in [0.717, 1.165) is 18.7 Å². The van der Waals surface area contributed by atoms with Gasteiger partial charge in [-0.05, 0) is 31.0 Å². The summed E-state index contributed by atoms with van der Waals surface area (Å²) < 4.78 is 0. The van der Waals surface area contributed by atoms with Gasteiger partial charge < -0.3 is 5.32 Å². The highest BCUT2D eigenvalue weighted by Crippen LogP contribution is 2.03. The molecule has 0 radical (unpaired) electrons. The first-order valence-corrected chi connectivity index (χ1v) is 6.02. The van der Waals surface area contributed by atoms with Crippen LogP contribution in [0.15, 0.2) is 54.7 Å². The molecule has 88 valence electrons. The second kappa shape index (κ2) is 6.16. The smallest absolute Gasteiger partial charge is 0.0541 e. The molecule has 0 spiro atoms. The van der Waals surface area contributed by atoms with Gasteiger partial charge in [-0.25, -0.2) is 0 Å². The average molecular weight is 226 g/mol. The first-order chi connectivity index (χ1) is 8.34. The van der Waals surface area contributed by atoms with Crippen molar-refractivity contribution in [2.24, 2.45) is 0 Å². The number of rotatable bonds is 5. The number of benzene rings is 1. The molecule has 2 rings (SSSR count). The highest BCUT2D eigenvalue weighted by atomic mass is 14.9. The van der Waals surface area contributed by atoms with Crippen LogP contribution in [0.25, 0.3) is 0 Å². The van der Waals surface area contributed by atoms with E-state index < -0.39 is 0 Å². The van der Waals surface area contributed by atoms with E-state index in [-0.39, 0.29) is 0 Å². The lowest BCUT2D eigenvalue weighted by Gasteiger charge is -2.13. The molecule has 1 aromatic heterocycles. The van der Waals surface area contributed by atoms with E-state index in [1.807, 2.05) is 24.4 Å². The topological polar surface area (TPSA) is 24.9 Å². The number of aromatic nitrogens is 1. The molecule has 0 aliphatic rings. The van der Waals surface area contributed by atoms with Gasteiger partial charge >= 0.3 is 0 Å². The van der Waals surface area contributed by atoms with Crippen LogP contribution >= 0.6 is 0 Å². The number of hydrogen-bond acceptors (Lipinski definition) is 2. The van der Waals surface area contributed by atoms with Gasteiger partial charge in [0.1, 0.15) is 0 Å². The normalized spacial score (nSPS) is 12.3. The Morgan fingerprint density at radius 1 is 1.06 bits per heavy atom. The molecular weight excluding hydrogens is 208 g/mol. The second-order valence-electron chi connectivity index (χ2n) is 4.29. The largest absolute Gasteiger partial charge is 0.308 e. The molecule has 1 unspecified atom stereocenters. The zero-order chi connectivity index (χ0) is 11.9. The van der Waals surface area contributed by atoms with Crippen molar-refractivity contribution in [1.82, 2.24) is 10.3 Å². The summed E-state index contributed by atoms with van der Waals surface area (Å²) in [5.41, 5.74) is 2.46. The van der Waals surface area contributed by atoms with Crippen molar-refractivity contribution in [3.63, 3.8) is 0 Å². The minimum atomic E-state index is 0.458. The van der Waals surface area contributed by atoms with Crippen LogP contribution in [0.1, 0.15) is 18.2 Å². The van der Waals surface area contributed by atoms with E-state index in [1.54, 1.807) is 0 Å². The van der Waals surface area contributed by atoms with Crippen molar-refractivity contribution in [3.05, 3.63) is 66.0 Å². The fourth-order valence-corrected chi connectivity index (χ4v) is 1.82. The summed E-state index contributed by atoms with van der Waals surface area (Å²) in [7, 11) is 0. The van der Waals surface area contributed by atoms with E-state index in [2.05, 4.69) is 47.6 Å². The highest BCUT2D eigenvalue weighted by Gasteiger charge is 2.02. The van der Waals surface area contributed by atoms with Gasteiger partial charge in [-0.15, -0.1) is 0 Å². The van der Waals surface area contributed by atoms with Gasteiger partial charge in [-0.1, -0.05) is 36.4 Å². The lowest BCUT2D eigenvalue weighted by Crippen LogP contribution is -2.27. The molecule has 2 nitrogen and oxygen atoms in total. The van der Waals surface area contributed by atoms with E-state index in [4.69, 9.17) is 0 Å². The third kappa shape index (κ3) is 4.00. The van der Waals surface area contributed by atoms with Crippen molar-refractivity contribution < 1.29 is 0 Å². The summed E-state index contributed by atoms with van der Waals surface area (Å²) in [6, 6.07) is 17.0. The molecule has 1 atom stereocenters. The van der Waals surface area contributed by atoms with Crippen molar-refractivity contribution in [1.29, 1.82) is 0 Å². The minimum Gasteiger partial charge on any atom is -0.308 e. The maximum absolute atomic E-state index is 4.30. The first-order valence-electron chi connectivity index (χ1n) is 6.02. The molecule has 0 saturated heterocycles.